The lowest BCUT2D eigenvalue weighted by Crippen LogP contribution is -2.62. The molecule has 0 radical (unpaired) electrons. The van der Waals surface area contributed by atoms with Gasteiger partial charge in [-0.25, -0.2) is 4.79 Å². The molecule has 2 aliphatic rings. The summed E-state index contributed by atoms with van der Waals surface area (Å²) in [6.45, 7) is 4.60. The van der Waals surface area contributed by atoms with Gasteiger partial charge in [-0.2, -0.15) is 0 Å². The van der Waals surface area contributed by atoms with E-state index in [1.165, 1.54) is 19.3 Å². The second kappa shape index (κ2) is 5.69. The molecule has 19 heavy (non-hydrogen) atoms. The van der Waals surface area contributed by atoms with Gasteiger partial charge in [0.1, 0.15) is 5.41 Å². The average molecular weight is 267 g/mol. The van der Waals surface area contributed by atoms with Gasteiger partial charge in [-0.1, -0.05) is 13.3 Å². The molecule has 2 aliphatic heterocycles. The fraction of sp³-hybridized carbons (Fsp3) is 0.769. The molecule has 0 aromatic rings. The normalized spacial score (nSPS) is 23.9. The molecule has 0 aromatic heterocycles. The summed E-state index contributed by atoms with van der Waals surface area (Å²) in [5.41, 5.74) is -1.09. The number of hydrogen-bond donors (Lipinski definition) is 2. The van der Waals surface area contributed by atoms with Crippen molar-refractivity contribution in [3.63, 3.8) is 0 Å². The largest absolute Gasteiger partial charge is 0.328 e. The Balaban J connectivity index is 2.02. The summed E-state index contributed by atoms with van der Waals surface area (Å²) < 4.78 is 0. The molecular weight excluding hydrogens is 246 g/mol. The van der Waals surface area contributed by atoms with Crippen molar-refractivity contribution in [2.24, 2.45) is 5.41 Å². The van der Waals surface area contributed by atoms with Crippen LogP contribution in [0.3, 0.4) is 0 Å². The second-order valence-corrected chi connectivity index (χ2v) is 5.33. The molecule has 0 bridgehead atoms. The molecule has 2 fully saturated rings. The molecule has 6 heteroatoms. The number of carbonyl (C=O) groups excluding carboxylic acids is 3. The van der Waals surface area contributed by atoms with Crippen LogP contribution in [-0.4, -0.2) is 42.4 Å². The minimum absolute atomic E-state index is 0.409. The molecule has 2 N–H and O–H groups in total. The highest BCUT2D eigenvalue weighted by atomic mass is 16.2. The number of amides is 4. The SMILES string of the molecule is CCC1(CCN2CCCCC2)C(=O)NC(=O)NC1=O. The highest BCUT2D eigenvalue weighted by Gasteiger charge is 2.48. The van der Waals surface area contributed by atoms with Crippen molar-refractivity contribution in [1.82, 2.24) is 15.5 Å². The first-order valence-electron chi connectivity index (χ1n) is 6.98. The molecule has 0 saturated carbocycles. The number of piperidine rings is 1. The molecule has 106 valence electrons. The van der Waals surface area contributed by atoms with Crippen molar-refractivity contribution in [3.05, 3.63) is 0 Å². The summed E-state index contributed by atoms with van der Waals surface area (Å²) in [6.07, 6.45) is 4.48. The van der Waals surface area contributed by atoms with Gasteiger partial charge in [-0.15, -0.1) is 0 Å². The molecular formula is C13H21N3O3. The van der Waals surface area contributed by atoms with Crippen LogP contribution in [0.25, 0.3) is 0 Å². The van der Waals surface area contributed by atoms with Crippen LogP contribution >= 0.6 is 0 Å². The Morgan fingerprint density at radius 1 is 1.05 bits per heavy atom. The Morgan fingerprint density at radius 3 is 2.16 bits per heavy atom. The van der Waals surface area contributed by atoms with Gasteiger partial charge in [0.25, 0.3) is 0 Å². The minimum Gasteiger partial charge on any atom is -0.303 e. The van der Waals surface area contributed by atoms with E-state index >= 15 is 0 Å². The Labute approximate surface area is 112 Å². The molecule has 6 nitrogen and oxygen atoms in total. The maximum Gasteiger partial charge on any atom is 0.328 e. The predicted molar refractivity (Wildman–Crippen MR) is 69.3 cm³/mol. The van der Waals surface area contributed by atoms with Crippen LogP contribution in [0, 0.1) is 5.41 Å². The van der Waals surface area contributed by atoms with E-state index in [-0.39, 0.29) is 0 Å². The fourth-order valence-corrected chi connectivity index (χ4v) is 2.84. The Bertz CT molecular complexity index is 369. The first-order valence-corrected chi connectivity index (χ1v) is 6.98. The van der Waals surface area contributed by atoms with Gasteiger partial charge in [0.05, 0.1) is 0 Å². The van der Waals surface area contributed by atoms with E-state index in [2.05, 4.69) is 15.5 Å². The highest BCUT2D eigenvalue weighted by Crippen LogP contribution is 2.30. The number of urea groups is 1. The van der Waals surface area contributed by atoms with Gasteiger partial charge in [-0.3, -0.25) is 20.2 Å². The van der Waals surface area contributed by atoms with E-state index in [0.717, 1.165) is 19.6 Å². The number of carbonyl (C=O) groups is 3. The number of imide groups is 2. The lowest BCUT2D eigenvalue weighted by Gasteiger charge is -2.35. The lowest BCUT2D eigenvalue weighted by atomic mass is 9.78. The third-order valence-electron chi connectivity index (χ3n) is 4.23. The van der Waals surface area contributed by atoms with E-state index in [9.17, 15) is 14.4 Å². The van der Waals surface area contributed by atoms with Gasteiger partial charge >= 0.3 is 6.03 Å². The highest BCUT2D eigenvalue weighted by molar-refractivity contribution is 6.19. The first-order chi connectivity index (χ1) is 9.08. The summed E-state index contributed by atoms with van der Waals surface area (Å²) in [6, 6.07) is -0.711. The average Bonchev–Trinajstić information content (AvgIpc) is 2.39. The summed E-state index contributed by atoms with van der Waals surface area (Å²) in [5, 5.41) is 4.42. The monoisotopic (exact) mass is 267 g/mol. The number of nitrogens with zero attached hydrogens (tertiary/aromatic N) is 1. The fourth-order valence-electron chi connectivity index (χ4n) is 2.84. The summed E-state index contributed by atoms with van der Waals surface area (Å²) in [7, 11) is 0. The molecule has 0 unspecified atom stereocenters. The smallest absolute Gasteiger partial charge is 0.303 e. The predicted octanol–water partition coefficient (Wildman–Crippen LogP) is 0.625. The maximum absolute atomic E-state index is 12.0. The number of likely N-dealkylation sites (tertiary alicyclic amines) is 1. The van der Waals surface area contributed by atoms with Crippen molar-refractivity contribution in [2.45, 2.75) is 39.0 Å². The van der Waals surface area contributed by atoms with Crippen LogP contribution in [0.1, 0.15) is 39.0 Å². The molecule has 4 amide bonds. The molecule has 2 heterocycles. The van der Waals surface area contributed by atoms with Crippen molar-refractivity contribution in [1.29, 1.82) is 0 Å². The molecule has 2 rings (SSSR count). The van der Waals surface area contributed by atoms with E-state index in [0.29, 0.717) is 12.8 Å². The Morgan fingerprint density at radius 2 is 1.63 bits per heavy atom. The van der Waals surface area contributed by atoms with E-state index in [1.807, 2.05) is 6.92 Å². The standard InChI is InChI=1S/C13H21N3O3/c1-2-13(6-9-16-7-4-3-5-8-16)10(17)14-12(19)15-11(13)18/h2-9H2,1H3,(H2,14,15,17,18,19). The molecule has 0 aliphatic carbocycles. The van der Waals surface area contributed by atoms with Crippen LogP contribution in [0.2, 0.25) is 0 Å². The van der Waals surface area contributed by atoms with Gasteiger partial charge < -0.3 is 4.90 Å². The number of hydrogen-bond acceptors (Lipinski definition) is 4. The van der Waals surface area contributed by atoms with Gasteiger partial charge in [0.15, 0.2) is 0 Å². The summed E-state index contributed by atoms with van der Waals surface area (Å²) in [5.74, 6) is -0.915. The zero-order chi connectivity index (χ0) is 13.9. The molecule has 0 atom stereocenters. The zero-order valence-electron chi connectivity index (χ0n) is 11.3. The van der Waals surface area contributed by atoms with Crippen molar-refractivity contribution < 1.29 is 14.4 Å². The zero-order valence-corrected chi connectivity index (χ0v) is 11.3. The third kappa shape index (κ3) is 2.78. The summed E-state index contributed by atoms with van der Waals surface area (Å²) >= 11 is 0. The van der Waals surface area contributed by atoms with Crippen LogP contribution in [-0.2, 0) is 9.59 Å². The second-order valence-electron chi connectivity index (χ2n) is 5.33. The topological polar surface area (TPSA) is 78.5 Å². The minimum atomic E-state index is -1.09. The molecule has 0 spiro atoms. The number of nitrogens with one attached hydrogen (secondary N) is 2. The number of rotatable bonds is 4. The lowest BCUT2D eigenvalue weighted by molar-refractivity contribution is -0.145. The molecule has 2 saturated heterocycles. The summed E-state index contributed by atoms with van der Waals surface area (Å²) in [4.78, 5) is 37.5. The molecule has 0 aromatic carbocycles. The van der Waals surface area contributed by atoms with E-state index in [4.69, 9.17) is 0 Å². The van der Waals surface area contributed by atoms with E-state index in [1.54, 1.807) is 0 Å². The van der Waals surface area contributed by atoms with E-state index < -0.39 is 23.3 Å². The maximum atomic E-state index is 12.0. The van der Waals surface area contributed by atoms with Crippen LogP contribution in [0.5, 0.6) is 0 Å². The van der Waals surface area contributed by atoms with Crippen LogP contribution in [0.4, 0.5) is 4.79 Å². The number of barbiturate groups is 1. The van der Waals surface area contributed by atoms with Crippen molar-refractivity contribution >= 4 is 17.8 Å². The first kappa shape index (κ1) is 14.0. The van der Waals surface area contributed by atoms with Crippen molar-refractivity contribution in [2.75, 3.05) is 19.6 Å². The third-order valence-corrected chi connectivity index (χ3v) is 4.23. The van der Waals surface area contributed by atoms with Gasteiger partial charge in [0, 0.05) is 0 Å². The van der Waals surface area contributed by atoms with Crippen LogP contribution < -0.4 is 10.6 Å². The van der Waals surface area contributed by atoms with Crippen LogP contribution in [0.15, 0.2) is 0 Å². The van der Waals surface area contributed by atoms with Crippen molar-refractivity contribution in [3.8, 4) is 0 Å². The van der Waals surface area contributed by atoms with Gasteiger partial charge in [0.2, 0.25) is 11.8 Å². The Kier molecular flexibility index (Phi) is 4.19. The Hall–Kier alpha value is -1.43. The quantitative estimate of drug-likeness (QED) is 0.732. The van der Waals surface area contributed by atoms with Gasteiger partial charge in [-0.05, 0) is 45.3 Å².